The van der Waals surface area contributed by atoms with Gasteiger partial charge in [-0.1, -0.05) is 71.2 Å². The van der Waals surface area contributed by atoms with E-state index in [-0.39, 0.29) is 17.3 Å². The number of benzene rings is 1. The van der Waals surface area contributed by atoms with Crippen molar-refractivity contribution in [1.82, 2.24) is 14.9 Å². The van der Waals surface area contributed by atoms with Gasteiger partial charge in [-0.15, -0.1) is 6.58 Å². The van der Waals surface area contributed by atoms with Gasteiger partial charge in [0.15, 0.2) is 0 Å². The first kappa shape index (κ1) is 24.6. The van der Waals surface area contributed by atoms with Crippen LogP contribution in [0.25, 0.3) is 0 Å². The Bertz CT molecular complexity index is 635. The molecule has 1 fully saturated rings. The third kappa shape index (κ3) is 8.27. The smallest absolute Gasteiger partial charge is 0.126 e. The summed E-state index contributed by atoms with van der Waals surface area (Å²) in [7, 11) is 3.81. The molecule has 2 N–H and O–H groups in total. The maximum atomic E-state index is 13.9. The molecule has 0 spiro atoms. The van der Waals surface area contributed by atoms with Gasteiger partial charge >= 0.3 is 0 Å². The first-order valence-corrected chi connectivity index (χ1v) is 10.4. The Labute approximate surface area is 177 Å². The number of hydrogen-bond donors (Lipinski definition) is 3. The lowest BCUT2D eigenvalue weighted by Crippen LogP contribution is -2.27. The van der Waals surface area contributed by atoms with E-state index in [1.54, 1.807) is 6.07 Å². The average Bonchev–Trinajstić information content (AvgIpc) is 3.46. The second-order valence-electron chi connectivity index (χ2n) is 8.63. The van der Waals surface area contributed by atoms with Crippen LogP contribution in [0, 0.1) is 17.2 Å². The molecule has 5 heteroatoms. The molecule has 1 unspecified atom stereocenters. The van der Waals surface area contributed by atoms with Gasteiger partial charge in [0.25, 0.3) is 0 Å². The molecule has 0 bridgehead atoms. The van der Waals surface area contributed by atoms with Crippen molar-refractivity contribution in [2.45, 2.75) is 52.5 Å². The number of halogens is 1. The van der Waals surface area contributed by atoms with Crippen molar-refractivity contribution in [3.63, 3.8) is 0 Å². The topological polar surface area (TPSA) is 27.3 Å². The molecular weight excluding hydrogens is 369 g/mol. The van der Waals surface area contributed by atoms with Crippen LogP contribution in [-0.4, -0.2) is 25.5 Å². The van der Waals surface area contributed by atoms with E-state index in [4.69, 9.17) is 0 Å². The number of likely N-dealkylation sites (N-methyl/N-ethyl adjacent to an activating group) is 1. The van der Waals surface area contributed by atoms with Crippen LogP contribution in [0.4, 0.5) is 4.39 Å². The lowest BCUT2D eigenvalue weighted by molar-refractivity contribution is 0.311. The Morgan fingerprint density at radius 1 is 1.39 bits per heavy atom. The third-order valence-corrected chi connectivity index (χ3v) is 5.33. The van der Waals surface area contributed by atoms with Crippen LogP contribution in [0.2, 0.25) is 0 Å². The second kappa shape index (κ2) is 11.5. The molecule has 1 saturated carbocycles. The molecule has 1 atom stereocenters. The molecule has 0 amide bonds. The third-order valence-electron chi connectivity index (χ3n) is 5.07. The van der Waals surface area contributed by atoms with E-state index in [9.17, 15) is 4.39 Å². The predicted octanol–water partition coefficient (Wildman–Crippen LogP) is 5.48. The van der Waals surface area contributed by atoms with E-state index in [1.165, 1.54) is 12.8 Å². The largest absolute Gasteiger partial charge is 0.375 e. The molecule has 0 aliphatic heterocycles. The molecule has 1 aliphatic carbocycles. The van der Waals surface area contributed by atoms with E-state index in [1.807, 2.05) is 37.2 Å². The summed E-state index contributed by atoms with van der Waals surface area (Å²) in [5.41, 5.74) is 2.02. The van der Waals surface area contributed by atoms with E-state index in [2.05, 4.69) is 56.8 Å². The minimum atomic E-state index is -0.0729. The highest BCUT2D eigenvalue weighted by Gasteiger charge is 2.26. The van der Waals surface area contributed by atoms with Gasteiger partial charge in [-0.2, -0.15) is 0 Å². The van der Waals surface area contributed by atoms with Crippen molar-refractivity contribution in [3.8, 4) is 0 Å². The van der Waals surface area contributed by atoms with Crippen molar-refractivity contribution >= 4 is 12.8 Å². The minimum absolute atomic E-state index is 0.0490. The lowest BCUT2D eigenvalue weighted by Gasteiger charge is -2.30. The van der Waals surface area contributed by atoms with Crippen molar-refractivity contribution in [1.29, 1.82) is 0 Å². The van der Waals surface area contributed by atoms with Gasteiger partial charge in [0.1, 0.15) is 5.82 Å². The molecule has 1 aromatic carbocycles. The average molecular weight is 408 g/mol. The van der Waals surface area contributed by atoms with Crippen molar-refractivity contribution in [2.75, 3.05) is 20.6 Å². The molecule has 28 heavy (non-hydrogen) atoms. The van der Waals surface area contributed by atoms with Crippen LogP contribution < -0.4 is 10.0 Å². The van der Waals surface area contributed by atoms with E-state index in [0.717, 1.165) is 42.3 Å². The highest BCUT2D eigenvalue weighted by Crippen LogP contribution is 2.36. The number of nitrogens with one attached hydrogen (secondary N) is 2. The van der Waals surface area contributed by atoms with Crippen LogP contribution in [0.1, 0.15) is 57.2 Å². The monoisotopic (exact) mass is 407 g/mol. The summed E-state index contributed by atoms with van der Waals surface area (Å²) in [5, 5.41) is 2.93. The zero-order chi connectivity index (χ0) is 21.3. The Morgan fingerprint density at radius 2 is 2.04 bits per heavy atom. The van der Waals surface area contributed by atoms with Crippen molar-refractivity contribution < 1.29 is 4.39 Å². The summed E-state index contributed by atoms with van der Waals surface area (Å²) < 4.78 is 16.9. The van der Waals surface area contributed by atoms with Crippen molar-refractivity contribution in [3.05, 3.63) is 60.2 Å². The van der Waals surface area contributed by atoms with E-state index in [0.29, 0.717) is 0 Å². The molecule has 0 radical (unpaired) electrons. The van der Waals surface area contributed by atoms with Crippen LogP contribution in [0.3, 0.4) is 0 Å². The van der Waals surface area contributed by atoms with Gasteiger partial charge in [0.05, 0.1) is 5.82 Å². The fourth-order valence-corrected chi connectivity index (χ4v) is 3.53. The summed E-state index contributed by atoms with van der Waals surface area (Å²) in [5.74, 6) is 1.68. The predicted molar refractivity (Wildman–Crippen MR) is 123 cm³/mol. The van der Waals surface area contributed by atoms with Crippen LogP contribution in [-0.2, 0) is 6.42 Å². The van der Waals surface area contributed by atoms with Gasteiger partial charge in [-0.25, -0.2) is 4.39 Å². The first-order valence-electron chi connectivity index (χ1n) is 10.0. The standard InChI is InChI=1S/C16H24FNS.C7H14N2/c1-16(2,3)15(18-19)13-8-9-14(17)12(10-13)7-6-11-4-5-11;1-5-6-9(4)7(2)8-3/h8-11,15,18-19H,4-7H2,1-3H3;5,8H,1-2,6H2,3-4H3. The first-order chi connectivity index (χ1) is 13.1. The van der Waals surface area contributed by atoms with E-state index >= 15 is 0 Å². The summed E-state index contributed by atoms with van der Waals surface area (Å²) in [6.45, 7) is 14.7. The molecule has 158 valence electrons. The summed E-state index contributed by atoms with van der Waals surface area (Å²) in [6.07, 6.45) is 6.46. The highest BCUT2D eigenvalue weighted by molar-refractivity contribution is 7.78. The number of aryl methyl sites for hydroxylation is 1. The molecule has 2 rings (SSSR count). The van der Waals surface area contributed by atoms with E-state index < -0.39 is 0 Å². The van der Waals surface area contributed by atoms with Gasteiger partial charge in [0.2, 0.25) is 0 Å². The highest BCUT2D eigenvalue weighted by atomic mass is 32.1. The Kier molecular flexibility index (Phi) is 10.1. The number of nitrogens with zero attached hydrogens (tertiary/aromatic N) is 1. The summed E-state index contributed by atoms with van der Waals surface area (Å²) >= 11 is 4.23. The number of hydrogen-bond acceptors (Lipinski definition) is 4. The normalized spacial score (nSPS) is 14.5. The molecule has 0 saturated heterocycles. The van der Waals surface area contributed by atoms with Crippen molar-refractivity contribution in [2.24, 2.45) is 11.3 Å². The van der Waals surface area contributed by atoms with Gasteiger partial charge in [-0.05, 0) is 41.4 Å². The maximum absolute atomic E-state index is 13.9. The zero-order valence-corrected chi connectivity index (χ0v) is 19.1. The molecular formula is C23H38FN3S. The summed E-state index contributed by atoms with van der Waals surface area (Å²) in [6, 6.07) is 5.60. The second-order valence-corrected chi connectivity index (χ2v) is 8.89. The molecule has 1 aromatic rings. The van der Waals surface area contributed by atoms with Gasteiger partial charge in [-0.3, -0.25) is 4.72 Å². The summed E-state index contributed by atoms with van der Waals surface area (Å²) in [4.78, 5) is 1.98. The Morgan fingerprint density at radius 3 is 2.50 bits per heavy atom. The SMILES string of the molecule is C=CCN(C)C(=C)NC.CC(C)(C)C(NS)c1ccc(F)c(CCC2CC2)c1. The Hall–Kier alpha value is -1.46. The fourth-order valence-electron chi connectivity index (χ4n) is 2.99. The quantitative estimate of drug-likeness (QED) is 0.373. The fraction of sp³-hybridized carbons (Fsp3) is 0.565. The maximum Gasteiger partial charge on any atom is 0.126 e. The molecule has 1 aliphatic rings. The van der Waals surface area contributed by atoms with Crippen LogP contribution in [0.5, 0.6) is 0 Å². The van der Waals surface area contributed by atoms with Gasteiger partial charge < -0.3 is 10.2 Å². The molecule has 0 heterocycles. The molecule has 0 aromatic heterocycles. The Balaban J connectivity index is 0.000000370. The number of thiol groups is 1. The molecule has 3 nitrogen and oxygen atoms in total. The lowest BCUT2D eigenvalue weighted by atomic mass is 9.82. The van der Waals surface area contributed by atoms with Crippen LogP contribution >= 0.6 is 12.8 Å². The number of rotatable bonds is 9. The zero-order valence-electron chi connectivity index (χ0n) is 18.2. The minimum Gasteiger partial charge on any atom is -0.375 e. The van der Waals surface area contributed by atoms with Gasteiger partial charge in [0, 0.05) is 26.7 Å². The van der Waals surface area contributed by atoms with Crippen LogP contribution in [0.15, 0.2) is 43.3 Å².